The topological polar surface area (TPSA) is 132 Å². The number of esters is 5. The molecule has 0 amide bonds. The summed E-state index contributed by atoms with van der Waals surface area (Å²) in [6.07, 6.45) is 0.587. The summed E-state index contributed by atoms with van der Waals surface area (Å²) < 4.78 is 25.6. The lowest BCUT2D eigenvalue weighted by Crippen LogP contribution is -2.44. The molecule has 0 rings (SSSR count). The zero-order chi connectivity index (χ0) is 31.0. The molecule has 0 aromatic heterocycles. The Hall–Kier alpha value is -0.900. The fourth-order valence-corrected chi connectivity index (χ4v) is 3.15. The Balaban J connectivity index is 0. The van der Waals surface area contributed by atoms with Gasteiger partial charge < -0.3 is 23.7 Å². The van der Waals surface area contributed by atoms with Crippen molar-refractivity contribution in [3.05, 3.63) is 20.8 Å². The molecule has 0 unspecified atom stereocenters. The zero-order valence-electron chi connectivity index (χ0n) is 22.5. The van der Waals surface area contributed by atoms with Crippen LogP contribution in [0.3, 0.4) is 0 Å². The fourth-order valence-electron chi connectivity index (χ4n) is 2.24. The van der Waals surface area contributed by atoms with Crippen molar-refractivity contribution in [2.45, 2.75) is 32.1 Å². The Morgan fingerprint density at radius 3 is 0.800 bits per heavy atom. The van der Waals surface area contributed by atoms with E-state index in [-0.39, 0.29) is 87.7 Å². The number of ether oxygens (including phenoxy) is 5. The zero-order valence-corrected chi connectivity index (χ0v) is 27.0. The molecule has 0 aromatic carbocycles. The van der Waals surface area contributed by atoms with Crippen molar-refractivity contribution in [2.75, 3.05) is 61.8 Å². The molecule has 231 valence electrons. The largest absolute Gasteiger partial charge is 0.465 e. The summed E-state index contributed by atoms with van der Waals surface area (Å²) in [7, 11) is 0. The lowest BCUT2D eigenvalue weighted by Gasteiger charge is -2.31. The molecule has 0 bridgehead atoms. The van der Waals surface area contributed by atoms with Crippen molar-refractivity contribution in [1.82, 2.24) is 0 Å². The quantitative estimate of drug-likeness (QED) is 0.0755. The van der Waals surface area contributed by atoms with Crippen LogP contribution in [0.15, 0.2) is 0 Å². The minimum absolute atomic E-state index is 0.0670. The molecule has 0 saturated heterocycles. The van der Waals surface area contributed by atoms with Gasteiger partial charge in [0.1, 0.15) is 31.8 Å². The minimum Gasteiger partial charge on any atom is -0.465 e. The van der Waals surface area contributed by atoms with Crippen molar-refractivity contribution in [3.63, 3.8) is 0 Å². The molecule has 0 heterocycles. The molecular formula is C25H41O10S5. The molecule has 0 saturated carbocycles. The molecule has 0 atom stereocenters. The third-order valence-corrected chi connectivity index (χ3v) is 5.39. The number of carbonyl (C=O) groups is 5. The van der Waals surface area contributed by atoms with Crippen LogP contribution in [0.25, 0.3) is 0 Å². The van der Waals surface area contributed by atoms with Crippen LogP contribution in [0.4, 0.5) is 0 Å². The number of hydrogen-bond acceptors (Lipinski definition) is 15. The van der Waals surface area contributed by atoms with E-state index >= 15 is 0 Å². The van der Waals surface area contributed by atoms with E-state index in [0.717, 1.165) is 0 Å². The van der Waals surface area contributed by atoms with Crippen molar-refractivity contribution >= 4 is 93.0 Å². The monoisotopic (exact) mass is 661 g/mol. The van der Waals surface area contributed by atoms with Crippen LogP contribution >= 0.6 is 63.1 Å². The SMILES string of the molecule is O=C(CCS)OCC(COC(=O)CCS)(COC(=O)CCS)COC(=O)CCS.[CH2]C([CH2])([CH2])COC(=O)CCS. The predicted octanol–water partition coefficient (Wildman–Crippen LogP) is 2.76. The van der Waals surface area contributed by atoms with E-state index in [1.54, 1.807) is 0 Å². The lowest BCUT2D eigenvalue weighted by atomic mass is 9.92. The molecule has 0 fully saturated rings. The molecule has 15 heteroatoms. The molecule has 0 aliphatic heterocycles. The fraction of sp³-hybridized carbons (Fsp3) is 0.680. The number of carbonyl (C=O) groups excluding carboxylic acids is 5. The maximum atomic E-state index is 11.8. The van der Waals surface area contributed by atoms with Crippen LogP contribution in [0.5, 0.6) is 0 Å². The van der Waals surface area contributed by atoms with Crippen molar-refractivity contribution in [3.8, 4) is 0 Å². The Bertz CT molecular complexity index is 665. The lowest BCUT2D eigenvalue weighted by molar-refractivity contribution is -0.170. The van der Waals surface area contributed by atoms with E-state index in [2.05, 4.69) is 83.9 Å². The number of hydrogen-bond donors (Lipinski definition) is 5. The Morgan fingerprint density at radius 2 is 0.625 bits per heavy atom. The molecule has 40 heavy (non-hydrogen) atoms. The van der Waals surface area contributed by atoms with Gasteiger partial charge in [0.05, 0.1) is 38.7 Å². The normalized spacial score (nSPS) is 11.0. The molecule has 3 radical (unpaired) electrons. The summed E-state index contributed by atoms with van der Waals surface area (Å²) in [5.74, 6) is -0.759. The summed E-state index contributed by atoms with van der Waals surface area (Å²) >= 11 is 19.8. The first kappa shape index (κ1) is 41.2. The second-order valence-electron chi connectivity index (χ2n) is 8.67. The van der Waals surface area contributed by atoms with E-state index in [1.807, 2.05) is 0 Å². The Labute approximate surface area is 265 Å². The maximum Gasteiger partial charge on any atom is 0.306 e. The third-order valence-electron chi connectivity index (χ3n) is 4.28. The molecule has 10 nitrogen and oxygen atoms in total. The van der Waals surface area contributed by atoms with Crippen molar-refractivity contribution in [2.24, 2.45) is 10.8 Å². The van der Waals surface area contributed by atoms with Gasteiger partial charge in [-0.15, -0.1) is 0 Å². The standard InChI is InChI=1S/C17H28O8S4.C8H13O2S/c18-13(1-5-26)22-9-17(10-23-14(19)2-6-27,11-24-15(20)3-7-28)12-25-16(21)4-8-29;1-8(2,3)6-10-7(9)4-5-11/h26-29H,1-12H2;11H,1-6H2. The average molecular weight is 662 g/mol. The first-order chi connectivity index (χ1) is 18.8. The summed E-state index contributed by atoms with van der Waals surface area (Å²) in [6, 6.07) is 0. The summed E-state index contributed by atoms with van der Waals surface area (Å²) in [5, 5.41) is 0. The predicted molar refractivity (Wildman–Crippen MR) is 168 cm³/mol. The van der Waals surface area contributed by atoms with Gasteiger partial charge in [0.15, 0.2) is 0 Å². The highest BCUT2D eigenvalue weighted by atomic mass is 32.1. The van der Waals surface area contributed by atoms with Crippen LogP contribution in [0, 0.1) is 31.6 Å². The Morgan fingerprint density at radius 1 is 0.425 bits per heavy atom. The summed E-state index contributed by atoms with van der Waals surface area (Å²) in [6.45, 7) is 9.78. The Kier molecular flexibility index (Phi) is 25.4. The molecule has 0 aliphatic rings. The molecular weight excluding hydrogens is 621 g/mol. The highest BCUT2D eigenvalue weighted by Crippen LogP contribution is 2.22. The van der Waals surface area contributed by atoms with Crippen LogP contribution in [0.1, 0.15) is 32.1 Å². The van der Waals surface area contributed by atoms with Crippen LogP contribution in [-0.2, 0) is 47.7 Å². The highest BCUT2D eigenvalue weighted by Gasteiger charge is 2.37. The van der Waals surface area contributed by atoms with Crippen LogP contribution < -0.4 is 0 Å². The molecule has 0 aliphatic carbocycles. The first-order valence-electron chi connectivity index (χ1n) is 12.2. The van der Waals surface area contributed by atoms with Gasteiger partial charge in [0.2, 0.25) is 0 Å². The summed E-state index contributed by atoms with van der Waals surface area (Å²) in [5.41, 5.74) is -1.94. The maximum absolute atomic E-state index is 11.8. The van der Waals surface area contributed by atoms with Gasteiger partial charge in [-0.2, -0.15) is 63.1 Å². The summed E-state index contributed by atoms with van der Waals surface area (Å²) in [4.78, 5) is 57.9. The van der Waals surface area contributed by atoms with Gasteiger partial charge >= 0.3 is 29.8 Å². The van der Waals surface area contributed by atoms with E-state index in [1.165, 1.54) is 0 Å². The van der Waals surface area contributed by atoms with E-state index < -0.39 is 34.7 Å². The van der Waals surface area contributed by atoms with Crippen molar-refractivity contribution < 1.29 is 47.7 Å². The van der Waals surface area contributed by atoms with Gasteiger partial charge in [0.25, 0.3) is 0 Å². The van der Waals surface area contributed by atoms with Gasteiger partial charge in [-0.05, 0) is 20.8 Å². The second kappa shape index (κ2) is 24.7. The molecule has 0 N–H and O–H groups in total. The average Bonchev–Trinajstić information content (AvgIpc) is 2.87. The second-order valence-corrected chi connectivity index (χ2v) is 10.9. The first-order valence-corrected chi connectivity index (χ1v) is 15.3. The third kappa shape index (κ3) is 24.9. The smallest absolute Gasteiger partial charge is 0.306 e. The highest BCUT2D eigenvalue weighted by molar-refractivity contribution is 7.80. The van der Waals surface area contributed by atoms with E-state index in [0.29, 0.717) is 12.2 Å². The van der Waals surface area contributed by atoms with Crippen molar-refractivity contribution in [1.29, 1.82) is 0 Å². The molecule has 0 spiro atoms. The van der Waals surface area contributed by atoms with E-state index in [9.17, 15) is 24.0 Å². The van der Waals surface area contributed by atoms with Gasteiger partial charge in [-0.25, -0.2) is 0 Å². The number of rotatable bonds is 20. The minimum atomic E-state index is -1.25. The van der Waals surface area contributed by atoms with Gasteiger partial charge in [-0.3, -0.25) is 24.0 Å². The van der Waals surface area contributed by atoms with Crippen LogP contribution in [-0.4, -0.2) is 91.6 Å². The van der Waals surface area contributed by atoms with Crippen LogP contribution in [0.2, 0.25) is 0 Å². The van der Waals surface area contributed by atoms with E-state index in [4.69, 9.17) is 23.7 Å². The van der Waals surface area contributed by atoms with Gasteiger partial charge in [0, 0.05) is 34.2 Å². The molecule has 0 aromatic rings. The van der Waals surface area contributed by atoms with Gasteiger partial charge in [-0.1, -0.05) is 0 Å². The number of thiol groups is 5.